The molecule has 2 heterocycles. The minimum absolute atomic E-state index is 0.256. The molecule has 180 valence electrons. The van der Waals surface area contributed by atoms with Crippen LogP contribution in [0.25, 0.3) is 0 Å². The van der Waals surface area contributed by atoms with E-state index in [2.05, 4.69) is 15.3 Å². The van der Waals surface area contributed by atoms with Crippen molar-refractivity contribution in [2.24, 2.45) is 0 Å². The number of aryl methyl sites for hydroxylation is 2. The molecule has 9 nitrogen and oxygen atoms in total. The Hall–Kier alpha value is -3.18. The molecule has 0 aliphatic heterocycles. The molecular weight excluding hydrogens is 474 g/mol. The number of hydrogen-bond acceptors (Lipinski definition) is 9. The number of aromatic nitrogens is 3. The van der Waals surface area contributed by atoms with E-state index < -0.39 is 16.8 Å². The maximum Gasteiger partial charge on any atom is 0.350 e. The summed E-state index contributed by atoms with van der Waals surface area (Å²) in [5.74, 6) is -0.475. The van der Waals surface area contributed by atoms with Gasteiger partial charge in [0.05, 0.1) is 17.6 Å². The molecule has 2 aromatic heterocycles. The van der Waals surface area contributed by atoms with Gasteiger partial charge in [-0.25, -0.2) is 9.78 Å². The van der Waals surface area contributed by atoms with Crippen LogP contribution in [-0.2, 0) is 22.5 Å². The average Bonchev–Trinajstić information content (AvgIpc) is 3.17. The highest BCUT2D eigenvalue weighted by molar-refractivity contribution is 8.00. The number of esters is 1. The van der Waals surface area contributed by atoms with Gasteiger partial charge in [-0.05, 0) is 32.3 Å². The molecule has 0 saturated carbocycles. The molecule has 3 aromatic rings. The number of nitrogens with two attached hydrogens (primary N) is 1. The van der Waals surface area contributed by atoms with Gasteiger partial charge in [-0.1, -0.05) is 60.4 Å². The van der Waals surface area contributed by atoms with E-state index in [9.17, 15) is 14.4 Å². The lowest BCUT2D eigenvalue weighted by molar-refractivity contribution is -0.115. The Morgan fingerprint density at radius 3 is 2.65 bits per heavy atom. The number of anilines is 2. The Labute approximate surface area is 205 Å². The number of hydrogen-bond donors (Lipinski definition) is 2. The van der Waals surface area contributed by atoms with E-state index >= 15 is 0 Å². The van der Waals surface area contributed by atoms with Gasteiger partial charge in [0, 0.05) is 12.6 Å². The molecule has 3 rings (SSSR count). The smallest absolute Gasteiger partial charge is 0.350 e. The van der Waals surface area contributed by atoms with E-state index in [1.165, 1.54) is 17.8 Å². The average molecular weight is 502 g/mol. The standard InChI is InChI=1S/C23H27N5O4S2/c1-4-16(20(30)27-22-25-14(3)19(34-22)21(31)32-5-2)33-23-26-18(29)13-17(24)28(23)12-11-15-9-7-6-8-10-15/h6-10,13,16H,4-5,11-12,24H2,1-3H3,(H,25,27,30)/t16-/m0/s1. The third-order valence-electron chi connectivity index (χ3n) is 4.89. The maximum absolute atomic E-state index is 13.0. The van der Waals surface area contributed by atoms with E-state index in [1.807, 2.05) is 37.3 Å². The molecule has 1 atom stereocenters. The van der Waals surface area contributed by atoms with Gasteiger partial charge in [0.1, 0.15) is 10.7 Å². The third kappa shape index (κ3) is 6.45. The monoisotopic (exact) mass is 501 g/mol. The van der Waals surface area contributed by atoms with Crippen molar-refractivity contribution < 1.29 is 14.3 Å². The van der Waals surface area contributed by atoms with Crippen LogP contribution in [0.3, 0.4) is 0 Å². The Balaban J connectivity index is 1.76. The second-order valence-electron chi connectivity index (χ2n) is 7.35. The number of rotatable bonds is 10. The van der Waals surface area contributed by atoms with Gasteiger partial charge < -0.3 is 20.4 Å². The zero-order valence-corrected chi connectivity index (χ0v) is 20.9. The number of carbonyl (C=O) groups excluding carboxylic acids is 2. The first-order valence-electron chi connectivity index (χ1n) is 10.9. The van der Waals surface area contributed by atoms with Crippen molar-refractivity contribution in [2.75, 3.05) is 17.7 Å². The number of thiazole rings is 1. The molecule has 0 spiro atoms. The molecule has 0 saturated heterocycles. The number of thioether (sulfide) groups is 1. The van der Waals surface area contributed by atoms with E-state index in [-0.39, 0.29) is 12.5 Å². The number of benzene rings is 1. The first kappa shape index (κ1) is 25.4. The van der Waals surface area contributed by atoms with Gasteiger partial charge in [-0.15, -0.1) is 0 Å². The fourth-order valence-corrected chi connectivity index (χ4v) is 5.09. The molecule has 1 amide bonds. The summed E-state index contributed by atoms with van der Waals surface area (Å²) in [5, 5.41) is 2.91. The van der Waals surface area contributed by atoms with Crippen molar-refractivity contribution in [1.29, 1.82) is 0 Å². The van der Waals surface area contributed by atoms with Crippen molar-refractivity contribution in [2.45, 2.75) is 50.6 Å². The summed E-state index contributed by atoms with van der Waals surface area (Å²) < 4.78 is 6.78. The van der Waals surface area contributed by atoms with Crippen molar-refractivity contribution in [3.63, 3.8) is 0 Å². The summed E-state index contributed by atoms with van der Waals surface area (Å²) in [5.41, 5.74) is 7.29. The van der Waals surface area contributed by atoms with Crippen LogP contribution in [0, 0.1) is 6.92 Å². The van der Waals surface area contributed by atoms with Crippen LogP contribution in [0.1, 0.15) is 41.2 Å². The minimum Gasteiger partial charge on any atom is -0.462 e. The third-order valence-corrected chi connectivity index (χ3v) is 7.29. The van der Waals surface area contributed by atoms with E-state index in [0.29, 0.717) is 46.1 Å². The topological polar surface area (TPSA) is 129 Å². The highest BCUT2D eigenvalue weighted by Gasteiger charge is 2.24. The van der Waals surface area contributed by atoms with Crippen LogP contribution < -0.4 is 16.6 Å². The highest BCUT2D eigenvalue weighted by Crippen LogP contribution is 2.28. The molecule has 0 unspecified atom stereocenters. The minimum atomic E-state index is -0.549. The highest BCUT2D eigenvalue weighted by atomic mass is 32.2. The Morgan fingerprint density at radius 2 is 1.97 bits per heavy atom. The zero-order valence-electron chi connectivity index (χ0n) is 19.2. The predicted molar refractivity (Wildman–Crippen MR) is 134 cm³/mol. The number of amides is 1. The molecule has 3 N–H and O–H groups in total. The molecule has 0 radical (unpaired) electrons. The Kier molecular flexibility index (Phi) is 8.83. The lowest BCUT2D eigenvalue weighted by Crippen LogP contribution is -2.27. The summed E-state index contributed by atoms with van der Waals surface area (Å²) in [7, 11) is 0. The molecule has 0 fully saturated rings. The van der Waals surface area contributed by atoms with Crippen LogP contribution in [0.5, 0.6) is 0 Å². The van der Waals surface area contributed by atoms with Crippen LogP contribution in [0.2, 0.25) is 0 Å². The summed E-state index contributed by atoms with van der Waals surface area (Å²) in [6.45, 7) is 6.05. The van der Waals surface area contributed by atoms with E-state index in [0.717, 1.165) is 16.9 Å². The van der Waals surface area contributed by atoms with Crippen molar-refractivity contribution in [3.05, 3.63) is 62.9 Å². The van der Waals surface area contributed by atoms with Gasteiger partial charge in [0.25, 0.3) is 5.56 Å². The summed E-state index contributed by atoms with van der Waals surface area (Å²) in [4.78, 5) is 45.8. The van der Waals surface area contributed by atoms with Gasteiger partial charge >= 0.3 is 5.97 Å². The zero-order chi connectivity index (χ0) is 24.7. The summed E-state index contributed by atoms with van der Waals surface area (Å²) in [6.07, 6.45) is 1.18. The number of nitrogens with one attached hydrogen (secondary N) is 1. The normalized spacial score (nSPS) is 11.7. The number of ether oxygens (including phenoxy) is 1. The fraction of sp³-hybridized carbons (Fsp3) is 0.348. The molecule has 34 heavy (non-hydrogen) atoms. The fourth-order valence-electron chi connectivity index (χ4n) is 3.17. The van der Waals surface area contributed by atoms with Crippen LogP contribution in [0.4, 0.5) is 10.9 Å². The molecular formula is C23H27N5O4S2. The quantitative estimate of drug-likeness (QED) is 0.245. The molecule has 0 bridgehead atoms. The van der Waals surface area contributed by atoms with Gasteiger partial charge in [-0.3, -0.25) is 9.59 Å². The predicted octanol–water partition coefficient (Wildman–Crippen LogP) is 3.52. The van der Waals surface area contributed by atoms with E-state index in [1.54, 1.807) is 18.4 Å². The maximum atomic E-state index is 13.0. The first-order valence-corrected chi connectivity index (χ1v) is 12.5. The number of carbonyl (C=O) groups is 2. The SMILES string of the molecule is CCOC(=O)c1sc(NC(=O)[C@H](CC)Sc2nc(=O)cc(N)n2CCc2ccccc2)nc1C. The van der Waals surface area contributed by atoms with Crippen LogP contribution in [-0.4, -0.2) is 38.3 Å². The lowest BCUT2D eigenvalue weighted by Gasteiger charge is -2.18. The molecule has 1 aromatic carbocycles. The number of nitrogen functional groups attached to an aromatic ring is 1. The van der Waals surface area contributed by atoms with Crippen molar-refractivity contribution in [3.8, 4) is 0 Å². The van der Waals surface area contributed by atoms with Crippen molar-refractivity contribution >= 4 is 45.9 Å². The first-order chi connectivity index (χ1) is 16.3. The second kappa shape index (κ2) is 11.8. The van der Waals surface area contributed by atoms with E-state index in [4.69, 9.17) is 10.5 Å². The molecule has 0 aliphatic carbocycles. The number of nitrogens with zero attached hydrogens (tertiary/aromatic N) is 3. The van der Waals surface area contributed by atoms with Gasteiger partial charge in [-0.2, -0.15) is 4.98 Å². The molecule has 0 aliphatic rings. The summed E-state index contributed by atoms with van der Waals surface area (Å²) >= 11 is 2.24. The van der Waals surface area contributed by atoms with Gasteiger partial charge in [0.15, 0.2) is 10.3 Å². The lowest BCUT2D eigenvalue weighted by atomic mass is 10.1. The van der Waals surface area contributed by atoms with Crippen LogP contribution in [0.15, 0.2) is 46.3 Å². The second-order valence-corrected chi connectivity index (χ2v) is 9.52. The Bertz CT molecular complexity index is 1210. The van der Waals surface area contributed by atoms with Gasteiger partial charge in [0.2, 0.25) is 5.91 Å². The van der Waals surface area contributed by atoms with Crippen LogP contribution >= 0.6 is 23.1 Å². The summed E-state index contributed by atoms with van der Waals surface area (Å²) in [6, 6.07) is 11.2. The van der Waals surface area contributed by atoms with Crippen molar-refractivity contribution in [1.82, 2.24) is 14.5 Å². The largest absolute Gasteiger partial charge is 0.462 e. The Morgan fingerprint density at radius 1 is 1.24 bits per heavy atom. The molecule has 11 heteroatoms.